The van der Waals surface area contributed by atoms with Gasteiger partial charge in [0.15, 0.2) is 0 Å². The molecule has 7 nitrogen and oxygen atoms in total. The standard InChI is InChI=1S/C20H18N4O3S2/c21-19-18(20-23-16(12-28-20)14-4-2-1-3-5-14)17(25)11-24(19)10-13-6-8-15(9-7-13)29(22,26)27/h1-9,12,21,25H,10-11H2,(H2,22,26,27). The molecule has 2 aromatic carbocycles. The summed E-state index contributed by atoms with van der Waals surface area (Å²) in [6.07, 6.45) is 0. The molecule has 148 valence electrons. The molecular weight excluding hydrogens is 408 g/mol. The molecular formula is C20H18N4O3S2. The van der Waals surface area contributed by atoms with Gasteiger partial charge in [-0.1, -0.05) is 42.5 Å². The maximum atomic E-state index is 11.4. The van der Waals surface area contributed by atoms with Crippen LogP contribution in [0.5, 0.6) is 0 Å². The van der Waals surface area contributed by atoms with Gasteiger partial charge in [0, 0.05) is 17.5 Å². The highest BCUT2D eigenvalue weighted by Crippen LogP contribution is 2.32. The van der Waals surface area contributed by atoms with E-state index >= 15 is 0 Å². The second-order valence-corrected chi connectivity index (χ2v) is 9.04. The summed E-state index contributed by atoms with van der Waals surface area (Å²) >= 11 is 1.39. The van der Waals surface area contributed by atoms with Crippen molar-refractivity contribution < 1.29 is 13.5 Å². The second-order valence-electron chi connectivity index (χ2n) is 6.62. The number of nitrogens with zero attached hydrogens (tertiary/aromatic N) is 2. The molecule has 29 heavy (non-hydrogen) atoms. The first-order valence-electron chi connectivity index (χ1n) is 8.72. The summed E-state index contributed by atoms with van der Waals surface area (Å²) in [7, 11) is -3.74. The predicted molar refractivity (Wildman–Crippen MR) is 113 cm³/mol. The first-order chi connectivity index (χ1) is 13.8. The number of hydrogen-bond acceptors (Lipinski definition) is 6. The number of primary sulfonamides is 1. The van der Waals surface area contributed by atoms with E-state index < -0.39 is 10.0 Å². The van der Waals surface area contributed by atoms with Crippen LogP contribution in [0.1, 0.15) is 10.6 Å². The zero-order chi connectivity index (χ0) is 20.6. The summed E-state index contributed by atoms with van der Waals surface area (Å²) < 4.78 is 22.8. The Balaban J connectivity index is 1.52. The lowest BCUT2D eigenvalue weighted by Crippen LogP contribution is -2.26. The lowest BCUT2D eigenvalue weighted by Gasteiger charge is -2.18. The Morgan fingerprint density at radius 2 is 1.83 bits per heavy atom. The Morgan fingerprint density at radius 1 is 1.14 bits per heavy atom. The summed E-state index contributed by atoms with van der Waals surface area (Å²) in [6.45, 7) is 0.555. The summed E-state index contributed by atoms with van der Waals surface area (Å²) in [5.41, 5.74) is 3.01. The van der Waals surface area contributed by atoms with Crippen LogP contribution in [0.4, 0.5) is 0 Å². The van der Waals surface area contributed by atoms with Gasteiger partial charge >= 0.3 is 0 Å². The number of aliphatic hydroxyl groups excluding tert-OH is 1. The second kappa shape index (κ2) is 7.43. The molecule has 0 amide bonds. The van der Waals surface area contributed by atoms with E-state index in [1.165, 1.54) is 23.5 Å². The van der Waals surface area contributed by atoms with E-state index in [9.17, 15) is 13.5 Å². The van der Waals surface area contributed by atoms with Gasteiger partial charge in [-0.05, 0) is 17.7 Å². The number of nitrogens with two attached hydrogens (primary N) is 1. The van der Waals surface area contributed by atoms with Crippen molar-refractivity contribution in [1.82, 2.24) is 9.88 Å². The molecule has 4 rings (SSSR count). The van der Waals surface area contributed by atoms with Gasteiger partial charge in [-0.3, -0.25) is 5.41 Å². The van der Waals surface area contributed by atoms with Crippen molar-refractivity contribution in [2.24, 2.45) is 5.14 Å². The minimum Gasteiger partial charge on any atom is -0.510 e. The Bertz CT molecular complexity index is 1200. The molecule has 1 aromatic heterocycles. The van der Waals surface area contributed by atoms with Crippen LogP contribution in [0, 0.1) is 5.41 Å². The average molecular weight is 427 g/mol. The average Bonchev–Trinajstić information content (AvgIpc) is 3.27. The molecule has 0 radical (unpaired) electrons. The van der Waals surface area contributed by atoms with E-state index in [0.29, 0.717) is 17.1 Å². The monoisotopic (exact) mass is 426 g/mol. The molecule has 0 atom stereocenters. The topological polar surface area (TPSA) is 120 Å². The van der Waals surface area contributed by atoms with Crippen LogP contribution in [0.25, 0.3) is 16.8 Å². The van der Waals surface area contributed by atoms with E-state index in [0.717, 1.165) is 16.8 Å². The smallest absolute Gasteiger partial charge is 0.238 e. The van der Waals surface area contributed by atoms with Crippen molar-refractivity contribution in [2.75, 3.05) is 6.54 Å². The van der Waals surface area contributed by atoms with E-state index in [1.54, 1.807) is 17.0 Å². The predicted octanol–water partition coefficient (Wildman–Crippen LogP) is 3.22. The molecule has 3 aromatic rings. The molecule has 0 saturated carbocycles. The van der Waals surface area contributed by atoms with Gasteiger partial charge in [-0.15, -0.1) is 11.3 Å². The molecule has 1 aliphatic heterocycles. The Morgan fingerprint density at radius 3 is 2.48 bits per heavy atom. The van der Waals surface area contributed by atoms with Crippen molar-refractivity contribution in [1.29, 1.82) is 5.41 Å². The van der Waals surface area contributed by atoms with Gasteiger partial charge in [-0.2, -0.15) is 0 Å². The van der Waals surface area contributed by atoms with Crippen molar-refractivity contribution in [2.45, 2.75) is 11.4 Å². The van der Waals surface area contributed by atoms with Crippen LogP contribution in [0.3, 0.4) is 0 Å². The Hall–Kier alpha value is -3.01. The third-order valence-corrected chi connectivity index (χ3v) is 6.38. The molecule has 0 saturated heterocycles. The van der Waals surface area contributed by atoms with Gasteiger partial charge in [0.2, 0.25) is 10.0 Å². The quantitative estimate of drug-likeness (QED) is 0.578. The molecule has 0 fully saturated rings. The number of aromatic nitrogens is 1. The van der Waals surface area contributed by atoms with Crippen LogP contribution in [0.15, 0.2) is 70.6 Å². The molecule has 9 heteroatoms. The Kier molecular flexibility index (Phi) is 4.95. The molecule has 2 heterocycles. The highest BCUT2D eigenvalue weighted by molar-refractivity contribution is 7.89. The third-order valence-electron chi connectivity index (χ3n) is 4.60. The van der Waals surface area contributed by atoms with E-state index in [1.807, 2.05) is 35.7 Å². The maximum Gasteiger partial charge on any atom is 0.238 e. The van der Waals surface area contributed by atoms with E-state index in [-0.39, 0.29) is 23.0 Å². The van der Waals surface area contributed by atoms with Crippen LogP contribution < -0.4 is 5.14 Å². The van der Waals surface area contributed by atoms with Crippen LogP contribution in [0.2, 0.25) is 0 Å². The number of nitrogens with one attached hydrogen (secondary N) is 1. The number of hydrogen-bond donors (Lipinski definition) is 3. The molecule has 0 spiro atoms. The summed E-state index contributed by atoms with van der Waals surface area (Å²) in [6, 6.07) is 15.9. The fourth-order valence-corrected chi connectivity index (χ4v) is 4.54. The van der Waals surface area contributed by atoms with E-state index in [2.05, 4.69) is 4.98 Å². The zero-order valence-corrected chi connectivity index (χ0v) is 16.9. The number of thiazole rings is 1. The van der Waals surface area contributed by atoms with Gasteiger partial charge in [-0.25, -0.2) is 18.5 Å². The van der Waals surface area contributed by atoms with Crippen LogP contribution >= 0.6 is 11.3 Å². The number of sulfonamides is 1. The number of amidine groups is 1. The maximum absolute atomic E-state index is 11.4. The lowest BCUT2D eigenvalue weighted by molar-refractivity contribution is 0.347. The number of benzene rings is 2. The molecule has 4 N–H and O–H groups in total. The normalized spacial score (nSPS) is 14.7. The molecule has 0 aliphatic carbocycles. The largest absolute Gasteiger partial charge is 0.510 e. The van der Waals surface area contributed by atoms with Crippen molar-refractivity contribution >= 4 is 32.8 Å². The minimum atomic E-state index is -3.74. The van der Waals surface area contributed by atoms with Gasteiger partial charge in [0.05, 0.1) is 22.7 Å². The van der Waals surface area contributed by atoms with E-state index in [4.69, 9.17) is 10.5 Å². The molecule has 1 aliphatic rings. The fourth-order valence-electron chi connectivity index (χ4n) is 3.13. The minimum absolute atomic E-state index is 0.0376. The number of aliphatic hydroxyl groups is 1. The highest BCUT2D eigenvalue weighted by atomic mass is 32.2. The lowest BCUT2D eigenvalue weighted by atomic mass is 10.2. The molecule has 0 unspecified atom stereocenters. The summed E-state index contributed by atoms with van der Waals surface area (Å²) in [5, 5.41) is 26.6. The third kappa shape index (κ3) is 3.93. The van der Waals surface area contributed by atoms with Gasteiger partial charge in [0.1, 0.15) is 16.6 Å². The van der Waals surface area contributed by atoms with Crippen molar-refractivity contribution in [3.63, 3.8) is 0 Å². The fraction of sp³-hybridized carbons (Fsp3) is 0.100. The SMILES string of the molecule is N=C1C(c2nc(-c3ccccc3)cs2)=C(O)CN1Cc1ccc(S(N)(=O)=O)cc1. The van der Waals surface area contributed by atoms with Gasteiger partial charge < -0.3 is 10.0 Å². The zero-order valence-electron chi connectivity index (χ0n) is 15.2. The van der Waals surface area contributed by atoms with Gasteiger partial charge in [0.25, 0.3) is 0 Å². The van der Waals surface area contributed by atoms with Crippen LogP contribution in [-0.4, -0.2) is 35.8 Å². The highest BCUT2D eigenvalue weighted by Gasteiger charge is 2.30. The molecule has 0 bridgehead atoms. The first-order valence-corrected chi connectivity index (χ1v) is 11.1. The number of rotatable bonds is 5. The summed E-state index contributed by atoms with van der Waals surface area (Å²) in [5.74, 6) is 0.289. The van der Waals surface area contributed by atoms with Crippen molar-refractivity contribution in [3.05, 3.63) is 76.3 Å². The Labute approximate surface area is 172 Å². The van der Waals surface area contributed by atoms with Crippen molar-refractivity contribution in [3.8, 4) is 11.3 Å². The summed E-state index contributed by atoms with van der Waals surface area (Å²) in [4.78, 5) is 6.34. The first kappa shape index (κ1) is 19.3. The van der Waals surface area contributed by atoms with Crippen LogP contribution in [-0.2, 0) is 16.6 Å².